The summed E-state index contributed by atoms with van der Waals surface area (Å²) in [5.74, 6) is 0. The van der Waals surface area contributed by atoms with Crippen LogP contribution >= 0.6 is 11.3 Å². The van der Waals surface area contributed by atoms with Crippen LogP contribution in [0.4, 0.5) is 5.69 Å². The minimum atomic E-state index is 0.387. The molecule has 1 aromatic heterocycles. The summed E-state index contributed by atoms with van der Waals surface area (Å²) < 4.78 is 0. The van der Waals surface area contributed by atoms with Crippen molar-refractivity contribution in [3.05, 3.63) is 46.3 Å². The van der Waals surface area contributed by atoms with Gasteiger partial charge < -0.3 is 10.6 Å². The van der Waals surface area contributed by atoms with Crippen molar-refractivity contribution in [2.45, 2.75) is 47.0 Å². The number of hydrogen-bond acceptors (Lipinski definition) is 3. The lowest BCUT2D eigenvalue weighted by Gasteiger charge is -2.30. The smallest absolute Gasteiger partial charge is 0.0653 e. The van der Waals surface area contributed by atoms with Crippen molar-refractivity contribution in [1.29, 1.82) is 0 Å². The van der Waals surface area contributed by atoms with Crippen LogP contribution in [0.5, 0.6) is 0 Å². The van der Waals surface area contributed by atoms with E-state index < -0.39 is 0 Å². The Morgan fingerprint density at radius 2 is 2.08 bits per heavy atom. The maximum absolute atomic E-state index is 5.78. The van der Waals surface area contributed by atoms with E-state index in [9.17, 15) is 0 Å². The molecule has 0 spiro atoms. The van der Waals surface area contributed by atoms with Crippen LogP contribution in [-0.2, 0) is 12.8 Å². The Bertz CT molecular complexity index is 814. The molecule has 0 amide bonds. The maximum atomic E-state index is 5.78. The van der Waals surface area contributed by atoms with Gasteiger partial charge in [0.2, 0.25) is 0 Å². The molecular weight excluding hydrogens is 324 g/mol. The molecule has 25 heavy (non-hydrogen) atoms. The van der Waals surface area contributed by atoms with E-state index >= 15 is 0 Å². The van der Waals surface area contributed by atoms with Gasteiger partial charge in [-0.3, -0.25) is 0 Å². The predicted molar refractivity (Wildman–Crippen MR) is 112 cm³/mol. The summed E-state index contributed by atoms with van der Waals surface area (Å²) in [7, 11) is 2.03. The van der Waals surface area contributed by atoms with Crippen LogP contribution in [0.3, 0.4) is 0 Å². The topological polar surface area (TPSA) is 29.3 Å². The lowest BCUT2D eigenvalue weighted by Crippen LogP contribution is -2.24. The van der Waals surface area contributed by atoms with E-state index in [1.54, 1.807) is 10.4 Å². The molecule has 0 fully saturated rings. The number of anilines is 1. The zero-order valence-electron chi connectivity index (χ0n) is 16.2. The zero-order chi connectivity index (χ0) is 18.4. The van der Waals surface area contributed by atoms with Crippen LogP contribution in [0.15, 0.2) is 24.8 Å². The second-order valence-electron chi connectivity index (χ2n) is 8.21. The molecule has 1 aromatic carbocycles. The molecule has 0 saturated carbocycles. The Morgan fingerprint density at radius 1 is 1.36 bits per heavy atom. The molecule has 2 nitrogen and oxygen atoms in total. The second kappa shape index (κ2) is 6.62. The molecule has 134 valence electrons. The van der Waals surface area contributed by atoms with Gasteiger partial charge in [0, 0.05) is 22.5 Å². The molecule has 3 rings (SSSR count). The summed E-state index contributed by atoms with van der Waals surface area (Å²) in [6.07, 6.45) is 3.63. The summed E-state index contributed by atoms with van der Waals surface area (Å²) >= 11 is 1.98. The number of hydrogen-bond donors (Lipinski definition) is 1. The van der Waals surface area contributed by atoms with Crippen molar-refractivity contribution in [1.82, 2.24) is 0 Å². The molecule has 0 unspecified atom stereocenters. The molecule has 1 aliphatic rings. The van der Waals surface area contributed by atoms with Crippen molar-refractivity contribution in [2.75, 3.05) is 18.6 Å². The number of allylic oxidation sites excluding steroid dienone is 1. The van der Waals surface area contributed by atoms with Crippen LogP contribution in [0.2, 0.25) is 0 Å². The largest absolute Gasteiger partial charge is 0.362 e. The molecule has 1 aliphatic carbocycles. The SMILES string of the molecule is C=C(C)c1c(-c2ccc(N(C)CN)cc2C)sc2c1CC(C)(C)CC2. The number of fused-ring (bicyclic) bond motifs is 1. The fraction of sp³-hybridized carbons (Fsp3) is 0.455. The van der Waals surface area contributed by atoms with E-state index in [0.717, 1.165) is 6.42 Å². The van der Waals surface area contributed by atoms with Gasteiger partial charge in [-0.1, -0.05) is 26.5 Å². The standard InChI is InChI=1S/C22H30N2S/c1-14(2)20-18-12-22(4,5)10-9-19(18)25-21(20)17-8-7-16(11-15(17)3)24(6)13-23/h7-8,11H,1,9-10,12-13,23H2,2-6H3. The van der Waals surface area contributed by atoms with Gasteiger partial charge in [0.15, 0.2) is 0 Å². The molecule has 2 N–H and O–H groups in total. The first-order valence-corrected chi connectivity index (χ1v) is 9.88. The summed E-state index contributed by atoms with van der Waals surface area (Å²) in [6.45, 7) is 14.0. The Balaban J connectivity index is 2.12. The average Bonchev–Trinajstić information content (AvgIpc) is 2.91. The van der Waals surface area contributed by atoms with Crippen LogP contribution in [0.25, 0.3) is 16.0 Å². The number of aryl methyl sites for hydroxylation is 2. The molecule has 3 heteroatoms. The number of thiophene rings is 1. The normalized spacial score (nSPS) is 15.8. The molecular formula is C22H30N2S. The van der Waals surface area contributed by atoms with E-state index in [0.29, 0.717) is 12.1 Å². The lowest BCUT2D eigenvalue weighted by molar-refractivity contribution is 0.317. The van der Waals surface area contributed by atoms with Gasteiger partial charge in [-0.05, 0) is 78.5 Å². The van der Waals surface area contributed by atoms with Gasteiger partial charge in [0.25, 0.3) is 0 Å². The monoisotopic (exact) mass is 354 g/mol. The highest BCUT2D eigenvalue weighted by Crippen LogP contribution is 2.47. The summed E-state index contributed by atoms with van der Waals surface area (Å²) in [6, 6.07) is 6.68. The Morgan fingerprint density at radius 3 is 2.68 bits per heavy atom. The third-order valence-electron chi connectivity index (χ3n) is 5.37. The van der Waals surface area contributed by atoms with E-state index in [2.05, 4.69) is 57.4 Å². The van der Waals surface area contributed by atoms with Crippen molar-refractivity contribution in [2.24, 2.45) is 11.1 Å². The summed E-state index contributed by atoms with van der Waals surface area (Å²) in [5, 5.41) is 0. The van der Waals surface area contributed by atoms with Gasteiger partial charge in [-0.15, -0.1) is 11.3 Å². The molecule has 0 atom stereocenters. The highest BCUT2D eigenvalue weighted by Gasteiger charge is 2.31. The molecule has 2 aromatic rings. The van der Waals surface area contributed by atoms with Crippen LogP contribution < -0.4 is 10.6 Å². The molecule has 0 saturated heterocycles. The predicted octanol–water partition coefficient (Wildman–Crippen LogP) is 5.62. The van der Waals surface area contributed by atoms with Crippen LogP contribution in [0, 0.1) is 12.3 Å². The first kappa shape index (κ1) is 18.2. The highest BCUT2D eigenvalue weighted by molar-refractivity contribution is 7.16. The van der Waals surface area contributed by atoms with E-state index in [1.165, 1.54) is 45.7 Å². The number of benzene rings is 1. The Hall–Kier alpha value is -1.58. The van der Waals surface area contributed by atoms with Gasteiger partial charge in [0.05, 0.1) is 6.67 Å². The number of rotatable bonds is 4. The third-order valence-corrected chi connectivity index (χ3v) is 6.70. The fourth-order valence-corrected chi connectivity index (χ4v) is 5.29. The summed E-state index contributed by atoms with van der Waals surface area (Å²) in [5.41, 5.74) is 14.1. The van der Waals surface area contributed by atoms with E-state index in [1.807, 2.05) is 18.4 Å². The van der Waals surface area contributed by atoms with E-state index in [4.69, 9.17) is 5.73 Å². The minimum Gasteiger partial charge on any atom is -0.362 e. The third kappa shape index (κ3) is 3.40. The molecule has 0 bridgehead atoms. The summed E-state index contributed by atoms with van der Waals surface area (Å²) in [4.78, 5) is 5.03. The molecule has 1 heterocycles. The lowest BCUT2D eigenvalue weighted by atomic mass is 9.75. The van der Waals surface area contributed by atoms with Gasteiger partial charge >= 0.3 is 0 Å². The van der Waals surface area contributed by atoms with Gasteiger partial charge in [-0.2, -0.15) is 0 Å². The molecule has 0 aliphatic heterocycles. The quantitative estimate of drug-likeness (QED) is 0.722. The maximum Gasteiger partial charge on any atom is 0.0653 e. The highest BCUT2D eigenvalue weighted by atomic mass is 32.1. The fourth-order valence-electron chi connectivity index (χ4n) is 3.81. The van der Waals surface area contributed by atoms with Crippen molar-refractivity contribution in [3.8, 4) is 10.4 Å². The minimum absolute atomic E-state index is 0.387. The molecule has 0 radical (unpaired) electrons. The average molecular weight is 355 g/mol. The Kier molecular flexibility index (Phi) is 4.82. The first-order chi connectivity index (χ1) is 11.7. The van der Waals surface area contributed by atoms with Crippen molar-refractivity contribution < 1.29 is 0 Å². The first-order valence-electron chi connectivity index (χ1n) is 9.06. The van der Waals surface area contributed by atoms with Gasteiger partial charge in [0.1, 0.15) is 0 Å². The Labute approximate surface area is 156 Å². The number of nitrogens with zero attached hydrogens (tertiary/aromatic N) is 1. The second-order valence-corrected chi connectivity index (χ2v) is 9.31. The van der Waals surface area contributed by atoms with E-state index in [-0.39, 0.29) is 0 Å². The van der Waals surface area contributed by atoms with Crippen molar-refractivity contribution >= 4 is 22.6 Å². The zero-order valence-corrected chi connectivity index (χ0v) is 17.0. The van der Waals surface area contributed by atoms with Crippen molar-refractivity contribution in [3.63, 3.8) is 0 Å². The van der Waals surface area contributed by atoms with Gasteiger partial charge in [-0.25, -0.2) is 0 Å². The number of nitrogens with two attached hydrogens (primary N) is 1. The van der Waals surface area contributed by atoms with Crippen LogP contribution in [0.1, 0.15) is 48.8 Å². The van der Waals surface area contributed by atoms with Crippen LogP contribution in [-0.4, -0.2) is 13.7 Å².